The minimum absolute atomic E-state index is 0.00894. The van der Waals surface area contributed by atoms with Gasteiger partial charge in [0.25, 0.3) is 0 Å². The zero-order valence-corrected chi connectivity index (χ0v) is 22.5. The number of nitrogens with two attached hydrogens (primary N) is 1. The lowest BCUT2D eigenvalue weighted by atomic mass is 9.96. The first-order valence-electron chi connectivity index (χ1n) is 12.1. The van der Waals surface area contributed by atoms with Crippen LogP contribution in [0.15, 0.2) is 30.5 Å². The number of rotatable bonds is 11. The smallest absolute Gasteiger partial charge is 0.407 e. The molecule has 1 heterocycles. The summed E-state index contributed by atoms with van der Waals surface area (Å²) in [6.45, 7) is 9.41. The lowest BCUT2D eigenvalue weighted by Gasteiger charge is -2.24. The first-order valence-corrected chi connectivity index (χ1v) is 12.4. The number of halogens is 2. The van der Waals surface area contributed by atoms with E-state index in [2.05, 4.69) is 20.9 Å². The van der Waals surface area contributed by atoms with E-state index in [-0.39, 0.29) is 59.0 Å². The van der Waals surface area contributed by atoms with Crippen LogP contribution in [0.25, 0.3) is 0 Å². The monoisotopic (exact) mass is 535 g/mol. The number of nitrogens with one attached hydrogen (secondary N) is 3. The highest BCUT2D eigenvalue weighted by molar-refractivity contribution is 6.35. The number of anilines is 1. The van der Waals surface area contributed by atoms with Crippen LogP contribution in [0.1, 0.15) is 75.0 Å². The highest BCUT2D eigenvalue weighted by atomic mass is 35.5. The molecule has 1 aromatic carbocycles. The van der Waals surface area contributed by atoms with Gasteiger partial charge in [0.2, 0.25) is 5.91 Å². The molecule has 0 saturated heterocycles. The quantitative estimate of drug-likeness (QED) is 0.251. The summed E-state index contributed by atoms with van der Waals surface area (Å²) in [6.07, 6.45) is 1.35. The van der Waals surface area contributed by atoms with Crippen LogP contribution in [0.2, 0.25) is 5.02 Å². The molecule has 0 aliphatic heterocycles. The average molecular weight is 536 g/mol. The van der Waals surface area contributed by atoms with Crippen molar-refractivity contribution in [2.75, 3.05) is 18.8 Å². The molecule has 37 heavy (non-hydrogen) atoms. The van der Waals surface area contributed by atoms with Crippen molar-refractivity contribution < 1.29 is 23.5 Å². The van der Waals surface area contributed by atoms with Crippen LogP contribution in [0.3, 0.4) is 0 Å². The minimum atomic E-state index is -0.724. The van der Waals surface area contributed by atoms with Crippen LogP contribution in [-0.4, -0.2) is 47.5 Å². The number of ketones is 1. The summed E-state index contributed by atoms with van der Waals surface area (Å²) in [6, 6.07) is 5.17. The molecule has 0 bridgehead atoms. The Bertz CT molecular complexity index is 1110. The fraction of sp³-hybridized carbons (Fsp3) is 0.462. The van der Waals surface area contributed by atoms with Crippen molar-refractivity contribution in [1.29, 1.82) is 0 Å². The molecule has 2 rings (SSSR count). The van der Waals surface area contributed by atoms with E-state index < -0.39 is 29.3 Å². The van der Waals surface area contributed by atoms with Gasteiger partial charge < -0.3 is 26.4 Å². The first-order chi connectivity index (χ1) is 17.3. The SMILES string of the molecule is CC[C@@H](N[C@@H](C)CC(=O)NCCNC(=O)OC(C)(C)C)c1ccc(Cl)c(C(=O)c2ccc(N)nc2)c1F. The maximum Gasteiger partial charge on any atom is 0.407 e. The summed E-state index contributed by atoms with van der Waals surface area (Å²) < 4.78 is 20.7. The van der Waals surface area contributed by atoms with E-state index in [0.717, 1.165) is 0 Å². The Morgan fingerprint density at radius 1 is 1.14 bits per heavy atom. The van der Waals surface area contributed by atoms with Gasteiger partial charge in [-0.2, -0.15) is 0 Å². The van der Waals surface area contributed by atoms with Crippen molar-refractivity contribution >= 4 is 35.2 Å². The third kappa shape index (κ3) is 9.29. The number of hydrogen-bond acceptors (Lipinski definition) is 7. The molecule has 1 aromatic heterocycles. The third-order valence-electron chi connectivity index (χ3n) is 5.27. The van der Waals surface area contributed by atoms with Gasteiger partial charge in [-0.05, 0) is 52.3 Å². The molecule has 0 unspecified atom stereocenters. The predicted octanol–water partition coefficient (Wildman–Crippen LogP) is 4.15. The number of carbonyl (C=O) groups is 3. The van der Waals surface area contributed by atoms with Crippen molar-refractivity contribution in [2.24, 2.45) is 0 Å². The van der Waals surface area contributed by atoms with Crippen molar-refractivity contribution in [3.63, 3.8) is 0 Å². The first kappa shape index (κ1) is 30.0. The minimum Gasteiger partial charge on any atom is -0.444 e. The molecule has 0 spiro atoms. The molecule has 11 heteroatoms. The molecule has 0 aliphatic rings. The van der Waals surface area contributed by atoms with E-state index in [1.54, 1.807) is 27.7 Å². The van der Waals surface area contributed by atoms with Crippen molar-refractivity contribution in [3.8, 4) is 0 Å². The van der Waals surface area contributed by atoms with E-state index in [1.807, 2.05) is 6.92 Å². The van der Waals surface area contributed by atoms with Gasteiger partial charge in [0.05, 0.1) is 10.6 Å². The Balaban J connectivity index is 1.99. The summed E-state index contributed by atoms with van der Waals surface area (Å²) in [5, 5.41) is 8.54. The fourth-order valence-electron chi connectivity index (χ4n) is 3.59. The van der Waals surface area contributed by atoms with E-state index >= 15 is 4.39 Å². The molecule has 5 N–H and O–H groups in total. The van der Waals surface area contributed by atoms with Crippen LogP contribution < -0.4 is 21.7 Å². The summed E-state index contributed by atoms with van der Waals surface area (Å²) in [4.78, 5) is 40.8. The van der Waals surface area contributed by atoms with Gasteiger partial charge in [-0.15, -0.1) is 0 Å². The molecule has 9 nitrogen and oxygen atoms in total. The van der Waals surface area contributed by atoms with Crippen molar-refractivity contribution in [3.05, 3.63) is 58.0 Å². The maximum absolute atomic E-state index is 15.6. The average Bonchev–Trinajstić information content (AvgIpc) is 2.80. The Morgan fingerprint density at radius 2 is 1.81 bits per heavy atom. The number of aromatic nitrogens is 1. The van der Waals surface area contributed by atoms with Gasteiger partial charge in [0.15, 0.2) is 5.78 Å². The number of amides is 2. The van der Waals surface area contributed by atoms with Crippen LogP contribution in [-0.2, 0) is 9.53 Å². The number of alkyl carbamates (subject to hydrolysis) is 1. The standard InChI is InChI=1S/C26H35ClFN5O4/c1-6-19(33-15(2)13-21(34)30-11-12-31-25(36)37-26(3,4)5)17-8-9-18(27)22(23(17)28)24(35)16-7-10-20(29)32-14-16/h7-10,14-15,19,33H,6,11-13H2,1-5H3,(H2,29,32)(H,30,34)(H,31,36)/t15-,19+/m0/s1. The number of benzene rings is 1. The number of carbonyl (C=O) groups excluding carboxylic acids is 3. The third-order valence-corrected chi connectivity index (χ3v) is 5.59. The van der Waals surface area contributed by atoms with Gasteiger partial charge in [-0.3, -0.25) is 9.59 Å². The van der Waals surface area contributed by atoms with E-state index in [0.29, 0.717) is 6.42 Å². The Labute approximate surface area is 221 Å². The van der Waals surface area contributed by atoms with E-state index in [1.165, 1.54) is 30.5 Å². The molecule has 0 fully saturated rings. The zero-order chi connectivity index (χ0) is 27.8. The van der Waals surface area contributed by atoms with Gasteiger partial charge in [-0.1, -0.05) is 24.6 Å². The summed E-state index contributed by atoms with van der Waals surface area (Å²) in [7, 11) is 0. The second kappa shape index (κ2) is 13.3. The molecule has 202 valence electrons. The molecule has 0 radical (unpaired) electrons. The molecular formula is C26H35ClFN5O4. The summed E-state index contributed by atoms with van der Waals surface area (Å²) >= 11 is 6.20. The molecule has 2 aromatic rings. The highest BCUT2D eigenvalue weighted by Gasteiger charge is 2.25. The fourth-order valence-corrected chi connectivity index (χ4v) is 3.82. The van der Waals surface area contributed by atoms with Gasteiger partial charge >= 0.3 is 6.09 Å². The van der Waals surface area contributed by atoms with Gasteiger partial charge in [-0.25, -0.2) is 14.2 Å². The van der Waals surface area contributed by atoms with Gasteiger partial charge in [0, 0.05) is 48.9 Å². The van der Waals surface area contributed by atoms with Crippen molar-refractivity contribution in [1.82, 2.24) is 20.9 Å². The Hall–Kier alpha value is -3.24. The summed E-state index contributed by atoms with van der Waals surface area (Å²) in [5.74, 6) is -1.31. The number of pyridine rings is 1. The predicted molar refractivity (Wildman–Crippen MR) is 141 cm³/mol. The Kier molecular flexibility index (Phi) is 10.8. The number of hydrogen-bond donors (Lipinski definition) is 4. The lowest BCUT2D eigenvalue weighted by Crippen LogP contribution is -2.40. The molecule has 0 saturated carbocycles. The van der Waals surface area contributed by atoms with Crippen molar-refractivity contribution in [2.45, 2.75) is 65.1 Å². The van der Waals surface area contributed by atoms with Gasteiger partial charge in [0.1, 0.15) is 17.2 Å². The second-order valence-electron chi connectivity index (χ2n) is 9.64. The van der Waals surface area contributed by atoms with Crippen LogP contribution >= 0.6 is 11.6 Å². The normalized spacial score (nSPS) is 12.9. The molecular weight excluding hydrogens is 501 g/mol. The molecule has 2 amide bonds. The molecule has 0 aliphatic carbocycles. The van der Waals surface area contributed by atoms with Crippen LogP contribution in [0.4, 0.5) is 15.0 Å². The number of ether oxygens (including phenoxy) is 1. The number of nitrogens with zero attached hydrogens (tertiary/aromatic N) is 1. The summed E-state index contributed by atoms with van der Waals surface area (Å²) in [5.41, 5.74) is 5.17. The van der Waals surface area contributed by atoms with Crippen LogP contribution in [0.5, 0.6) is 0 Å². The maximum atomic E-state index is 15.6. The Morgan fingerprint density at radius 3 is 2.41 bits per heavy atom. The highest BCUT2D eigenvalue weighted by Crippen LogP contribution is 2.30. The second-order valence-corrected chi connectivity index (χ2v) is 10.0. The topological polar surface area (TPSA) is 135 Å². The zero-order valence-electron chi connectivity index (χ0n) is 21.8. The lowest BCUT2D eigenvalue weighted by molar-refractivity contribution is -0.121. The largest absolute Gasteiger partial charge is 0.444 e. The van der Waals surface area contributed by atoms with Crippen LogP contribution in [0, 0.1) is 5.82 Å². The van der Waals surface area contributed by atoms with E-state index in [9.17, 15) is 14.4 Å². The molecule has 2 atom stereocenters. The number of nitrogen functional groups attached to an aromatic ring is 1. The van der Waals surface area contributed by atoms with E-state index in [4.69, 9.17) is 22.1 Å².